The van der Waals surface area contributed by atoms with Gasteiger partial charge in [-0.3, -0.25) is 4.79 Å². The first-order chi connectivity index (χ1) is 8.15. The predicted molar refractivity (Wildman–Crippen MR) is 65.5 cm³/mol. The minimum absolute atomic E-state index is 0.204. The van der Waals surface area contributed by atoms with Crippen molar-refractivity contribution in [2.75, 3.05) is 6.61 Å². The van der Waals surface area contributed by atoms with Crippen molar-refractivity contribution in [3.05, 3.63) is 34.9 Å². The SMILES string of the molecule is CCOC(=O)Cc1cc(C)cc(CCC#N)c1. The number of esters is 1. The number of ether oxygens (including phenoxy) is 1. The van der Waals surface area contributed by atoms with Crippen molar-refractivity contribution in [3.8, 4) is 6.07 Å². The average molecular weight is 231 g/mol. The van der Waals surface area contributed by atoms with E-state index in [4.69, 9.17) is 10.00 Å². The zero-order valence-corrected chi connectivity index (χ0v) is 10.3. The maximum Gasteiger partial charge on any atom is 0.310 e. The normalized spacial score (nSPS) is 9.71. The summed E-state index contributed by atoms with van der Waals surface area (Å²) in [6, 6.07) is 8.12. The molecule has 0 aliphatic heterocycles. The van der Waals surface area contributed by atoms with Gasteiger partial charge in [-0.05, 0) is 31.4 Å². The van der Waals surface area contributed by atoms with Crippen LogP contribution in [0.4, 0.5) is 0 Å². The minimum atomic E-state index is -0.204. The van der Waals surface area contributed by atoms with Gasteiger partial charge in [-0.2, -0.15) is 5.26 Å². The number of nitrogens with zero attached hydrogens (tertiary/aromatic N) is 1. The fourth-order valence-corrected chi connectivity index (χ4v) is 1.77. The highest BCUT2D eigenvalue weighted by Gasteiger charge is 2.05. The molecule has 0 radical (unpaired) electrons. The maximum absolute atomic E-state index is 11.4. The molecule has 0 N–H and O–H groups in total. The molecule has 3 nitrogen and oxygen atoms in total. The molecular weight excluding hydrogens is 214 g/mol. The summed E-state index contributed by atoms with van der Waals surface area (Å²) < 4.78 is 4.92. The number of rotatable bonds is 5. The lowest BCUT2D eigenvalue weighted by atomic mass is 10.0. The van der Waals surface area contributed by atoms with Crippen molar-refractivity contribution in [2.24, 2.45) is 0 Å². The average Bonchev–Trinajstić information content (AvgIpc) is 2.25. The van der Waals surface area contributed by atoms with Gasteiger partial charge in [-0.1, -0.05) is 23.8 Å². The van der Waals surface area contributed by atoms with Crippen LogP contribution in [0.3, 0.4) is 0 Å². The third-order valence-corrected chi connectivity index (χ3v) is 2.38. The minimum Gasteiger partial charge on any atom is -0.466 e. The van der Waals surface area contributed by atoms with Gasteiger partial charge in [0.15, 0.2) is 0 Å². The number of carbonyl (C=O) groups excluding carboxylic acids is 1. The molecule has 0 saturated carbocycles. The molecular formula is C14H17NO2. The van der Waals surface area contributed by atoms with Crippen molar-refractivity contribution in [1.82, 2.24) is 0 Å². The molecule has 0 amide bonds. The monoisotopic (exact) mass is 231 g/mol. The lowest BCUT2D eigenvalue weighted by molar-refractivity contribution is -0.142. The van der Waals surface area contributed by atoms with E-state index in [9.17, 15) is 4.79 Å². The Morgan fingerprint density at radius 3 is 2.71 bits per heavy atom. The Bertz CT molecular complexity index is 432. The van der Waals surface area contributed by atoms with Gasteiger partial charge in [0.25, 0.3) is 0 Å². The van der Waals surface area contributed by atoms with Gasteiger partial charge in [-0.25, -0.2) is 0 Å². The van der Waals surface area contributed by atoms with Gasteiger partial charge in [0.05, 0.1) is 19.1 Å². The van der Waals surface area contributed by atoms with Gasteiger partial charge in [-0.15, -0.1) is 0 Å². The number of carbonyl (C=O) groups is 1. The smallest absolute Gasteiger partial charge is 0.310 e. The second-order valence-corrected chi connectivity index (χ2v) is 3.97. The fraction of sp³-hybridized carbons (Fsp3) is 0.429. The van der Waals surface area contributed by atoms with Crippen LogP contribution < -0.4 is 0 Å². The quantitative estimate of drug-likeness (QED) is 0.732. The summed E-state index contributed by atoms with van der Waals surface area (Å²) in [6.45, 7) is 4.20. The van der Waals surface area contributed by atoms with E-state index >= 15 is 0 Å². The first kappa shape index (κ1) is 13.2. The van der Waals surface area contributed by atoms with Crippen LogP contribution in [0.1, 0.15) is 30.0 Å². The van der Waals surface area contributed by atoms with Gasteiger partial charge >= 0.3 is 5.97 Å². The highest BCUT2D eigenvalue weighted by molar-refractivity contribution is 5.72. The summed E-state index contributed by atoms with van der Waals surface area (Å²) in [5.74, 6) is -0.204. The largest absolute Gasteiger partial charge is 0.466 e. The summed E-state index contributed by atoms with van der Waals surface area (Å²) in [5, 5.41) is 8.56. The van der Waals surface area contributed by atoms with Crippen LogP contribution >= 0.6 is 0 Å². The molecule has 1 rings (SSSR count). The first-order valence-corrected chi connectivity index (χ1v) is 5.77. The van der Waals surface area contributed by atoms with E-state index in [0.29, 0.717) is 19.4 Å². The lowest BCUT2D eigenvalue weighted by Crippen LogP contribution is -2.08. The van der Waals surface area contributed by atoms with Crippen LogP contribution in [-0.2, 0) is 22.4 Å². The molecule has 0 heterocycles. The number of hydrogen-bond acceptors (Lipinski definition) is 3. The van der Waals surface area contributed by atoms with Gasteiger partial charge < -0.3 is 4.74 Å². The molecule has 0 atom stereocenters. The fourth-order valence-electron chi connectivity index (χ4n) is 1.77. The Kier molecular flexibility index (Phi) is 5.22. The summed E-state index contributed by atoms with van der Waals surface area (Å²) in [4.78, 5) is 11.4. The number of hydrogen-bond donors (Lipinski definition) is 0. The van der Waals surface area contributed by atoms with Crippen molar-refractivity contribution < 1.29 is 9.53 Å². The number of nitriles is 1. The molecule has 1 aromatic rings. The summed E-state index contributed by atoms with van der Waals surface area (Å²) in [5.41, 5.74) is 3.17. The van der Waals surface area contributed by atoms with Gasteiger partial charge in [0, 0.05) is 6.42 Å². The Morgan fingerprint density at radius 2 is 2.06 bits per heavy atom. The number of benzene rings is 1. The number of aryl methyl sites for hydroxylation is 2. The van der Waals surface area contributed by atoms with E-state index in [1.165, 1.54) is 0 Å². The van der Waals surface area contributed by atoms with Crippen molar-refractivity contribution in [3.63, 3.8) is 0 Å². The molecule has 0 spiro atoms. The Morgan fingerprint density at radius 1 is 1.35 bits per heavy atom. The van der Waals surface area contributed by atoms with E-state index in [1.54, 1.807) is 6.92 Å². The first-order valence-electron chi connectivity index (χ1n) is 5.77. The zero-order valence-electron chi connectivity index (χ0n) is 10.3. The van der Waals surface area contributed by atoms with E-state index in [2.05, 4.69) is 6.07 Å². The molecule has 0 saturated heterocycles. The van der Waals surface area contributed by atoms with E-state index in [0.717, 1.165) is 23.1 Å². The van der Waals surface area contributed by atoms with E-state index in [-0.39, 0.29) is 5.97 Å². The summed E-state index contributed by atoms with van der Waals surface area (Å²) >= 11 is 0. The molecule has 90 valence electrons. The van der Waals surface area contributed by atoms with Crippen LogP contribution in [0.15, 0.2) is 18.2 Å². The molecule has 1 aromatic carbocycles. The summed E-state index contributed by atoms with van der Waals surface area (Å²) in [6.07, 6.45) is 1.53. The molecule has 3 heteroatoms. The van der Waals surface area contributed by atoms with Gasteiger partial charge in [0.2, 0.25) is 0 Å². The summed E-state index contributed by atoms with van der Waals surface area (Å²) in [7, 11) is 0. The Labute approximate surface area is 102 Å². The van der Waals surface area contributed by atoms with Gasteiger partial charge in [0.1, 0.15) is 0 Å². The van der Waals surface area contributed by atoms with Crippen LogP contribution in [0.2, 0.25) is 0 Å². The predicted octanol–water partition coefficient (Wildman–Crippen LogP) is 2.56. The Hall–Kier alpha value is -1.82. The third-order valence-electron chi connectivity index (χ3n) is 2.38. The van der Waals surface area contributed by atoms with Crippen LogP contribution in [0.5, 0.6) is 0 Å². The highest BCUT2D eigenvalue weighted by atomic mass is 16.5. The van der Waals surface area contributed by atoms with Crippen molar-refractivity contribution in [1.29, 1.82) is 5.26 Å². The topological polar surface area (TPSA) is 50.1 Å². The van der Waals surface area contributed by atoms with Crippen molar-refractivity contribution >= 4 is 5.97 Å². The Balaban J connectivity index is 2.75. The van der Waals surface area contributed by atoms with Crippen LogP contribution in [-0.4, -0.2) is 12.6 Å². The lowest BCUT2D eigenvalue weighted by Gasteiger charge is -2.06. The second-order valence-electron chi connectivity index (χ2n) is 3.97. The molecule has 0 aliphatic carbocycles. The third kappa shape index (κ3) is 4.69. The molecule has 0 aliphatic rings. The van der Waals surface area contributed by atoms with E-state index in [1.807, 2.05) is 25.1 Å². The highest BCUT2D eigenvalue weighted by Crippen LogP contribution is 2.12. The molecule has 0 unspecified atom stereocenters. The molecule has 0 aromatic heterocycles. The van der Waals surface area contributed by atoms with E-state index < -0.39 is 0 Å². The standard InChI is InChI=1S/C14H17NO2/c1-3-17-14(16)10-13-8-11(2)7-12(9-13)5-4-6-15/h7-9H,3-5,10H2,1-2H3. The maximum atomic E-state index is 11.4. The zero-order chi connectivity index (χ0) is 12.7. The second kappa shape index (κ2) is 6.70. The van der Waals surface area contributed by atoms with Crippen LogP contribution in [0.25, 0.3) is 0 Å². The van der Waals surface area contributed by atoms with Crippen molar-refractivity contribution in [2.45, 2.75) is 33.1 Å². The molecule has 0 bridgehead atoms. The van der Waals surface area contributed by atoms with Crippen LogP contribution in [0, 0.1) is 18.3 Å². The molecule has 17 heavy (non-hydrogen) atoms. The molecule has 0 fully saturated rings.